The Kier molecular flexibility index (Phi) is 3.01. The highest BCUT2D eigenvalue weighted by atomic mass is 79.9. The number of anilines is 1. The van der Waals surface area contributed by atoms with Crippen molar-refractivity contribution in [2.24, 2.45) is 5.73 Å². The van der Waals surface area contributed by atoms with E-state index >= 15 is 0 Å². The van der Waals surface area contributed by atoms with Crippen LogP contribution in [0.1, 0.15) is 18.5 Å². The van der Waals surface area contributed by atoms with Crippen LogP contribution in [0.2, 0.25) is 0 Å². The number of allylic oxidation sites excluding steroid dienone is 1. The van der Waals surface area contributed by atoms with Gasteiger partial charge in [-0.3, -0.25) is 4.79 Å². The second-order valence-corrected chi connectivity index (χ2v) is 5.34. The fraction of sp³-hybridized carbons (Fsp3) is 0.167. The number of rotatable bonds is 2. The quantitative estimate of drug-likeness (QED) is 0.859. The first-order valence-electron chi connectivity index (χ1n) is 5.89. The number of aromatic nitrogens is 4. The normalized spacial score (nSPS) is 17.6. The molecule has 1 aliphatic heterocycles. The summed E-state index contributed by atoms with van der Waals surface area (Å²) in [5.74, 6) is -0.00973. The first kappa shape index (κ1) is 12.8. The average molecular weight is 335 g/mol. The number of carbonyl (C=O) groups excluding carboxylic acids is 1. The minimum Gasteiger partial charge on any atom is -0.366 e. The van der Waals surface area contributed by atoms with Gasteiger partial charge < -0.3 is 11.1 Å². The zero-order valence-electron chi connectivity index (χ0n) is 10.5. The molecule has 3 rings (SSSR count). The first-order valence-corrected chi connectivity index (χ1v) is 6.68. The van der Waals surface area contributed by atoms with Gasteiger partial charge in [0.2, 0.25) is 11.9 Å². The van der Waals surface area contributed by atoms with Gasteiger partial charge in [0.1, 0.15) is 6.04 Å². The zero-order chi connectivity index (χ0) is 14.3. The number of nitrogens with one attached hydrogen (secondary N) is 1. The predicted octanol–water partition coefficient (Wildman–Crippen LogP) is 1.21. The average Bonchev–Trinajstić information content (AvgIpc) is 2.85. The van der Waals surface area contributed by atoms with Crippen molar-refractivity contribution in [1.82, 2.24) is 20.2 Å². The summed E-state index contributed by atoms with van der Waals surface area (Å²) in [5, 5.41) is 14.4. The summed E-state index contributed by atoms with van der Waals surface area (Å²) in [5.41, 5.74) is 7.51. The van der Waals surface area contributed by atoms with E-state index < -0.39 is 11.9 Å². The number of nitrogens with two attached hydrogens (primary N) is 1. The second kappa shape index (κ2) is 4.71. The molecular weight excluding hydrogens is 324 g/mol. The van der Waals surface area contributed by atoms with E-state index in [4.69, 9.17) is 5.73 Å². The Bertz CT molecular complexity index is 705. The Morgan fingerprint density at radius 2 is 2.10 bits per heavy atom. The zero-order valence-corrected chi connectivity index (χ0v) is 12.1. The number of primary amides is 1. The summed E-state index contributed by atoms with van der Waals surface area (Å²) < 4.78 is 2.50. The molecule has 0 aliphatic carbocycles. The molecule has 3 N–H and O–H groups in total. The van der Waals surface area contributed by atoms with Gasteiger partial charge in [-0.15, -0.1) is 0 Å². The van der Waals surface area contributed by atoms with Crippen molar-refractivity contribution >= 4 is 27.8 Å². The molecule has 1 atom stereocenters. The maximum Gasteiger partial charge on any atom is 0.248 e. The van der Waals surface area contributed by atoms with Gasteiger partial charge in [0.05, 0.1) is 5.57 Å². The van der Waals surface area contributed by atoms with Crippen molar-refractivity contribution in [2.75, 3.05) is 5.32 Å². The Hall–Kier alpha value is -2.22. The van der Waals surface area contributed by atoms with Crippen LogP contribution in [0, 0.1) is 0 Å². The number of carbonyl (C=O) groups is 1. The van der Waals surface area contributed by atoms with Gasteiger partial charge in [-0.1, -0.05) is 33.2 Å². The maximum atomic E-state index is 11.8. The summed E-state index contributed by atoms with van der Waals surface area (Å²) in [7, 11) is 0. The van der Waals surface area contributed by atoms with Crippen LogP contribution in [-0.4, -0.2) is 26.1 Å². The van der Waals surface area contributed by atoms with Crippen LogP contribution in [0.25, 0.3) is 0 Å². The summed E-state index contributed by atoms with van der Waals surface area (Å²) in [6.07, 6.45) is 0. The van der Waals surface area contributed by atoms with Crippen LogP contribution in [0.3, 0.4) is 0 Å². The minimum absolute atomic E-state index is 0.424. The lowest BCUT2D eigenvalue weighted by atomic mass is 9.95. The van der Waals surface area contributed by atoms with Gasteiger partial charge in [0.15, 0.2) is 0 Å². The Morgan fingerprint density at radius 3 is 2.75 bits per heavy atom. The number of tetrazole rings is 1. The molecule has 2 aromatic rings. The summed E-state index contributed by atoms with van der Waals surface area (Å²) >= 11 is 3.39. The van der Waals surface area contributed by atoms with Crippen LogP contribution < -0.4 is 11.1 Å². The second-order valence-electron chi connectivity index (χ2n) is 4.43. The van der Waals surface area contributed by atoms with E-state index in [9.17, 15) is 4.79 Å². The molecule has 8 heteroatoms. The number of halogens is 1. The van der Waals surface area contributed by atoms with Crippen molar-refractivity contribution in [3.8, 4) is 0 Å². The van der Waals surface area contributed by atoms with E-state index in [2.05, 4.69) is 36.8 Å². The monoisotopic (exact) mass is 334 g/mol. The fourth-order valence-electron chi connectivity index (χ4n) is 2.28. The lowest BCUT2D eigenvalue weighted by molar-refractivity contribution is -0.115. The van der Waals surface area contributed by atoms with E-state index in [1.54, 1.807) is 11.6 Å². The molecule has 1 amide bonds. The molecule has 7 nitrogen and oxygen atoms in total. The van der Waals surface area contributed by atoms with E-state index in [1.807, 2.05) is 24.3 Å². The molecule has 0 saturated heterocycles. The topological polar surface area (TPSA) is 98.7 Å². The summed E-state index contributed by atoms with van der Waals surface area (Å²) in [6.45, 7) is 1.78. The molecule has 0 saturated carbocycles. The van der Waals surface area contributed by atoms with Crippen LogP contribution in [0.5, 0.6) is 0 Å². The van der Waals surface area contributed by atoms with Crippen molar-refractivity contribution in [2.45, 2.75) is 13.0 Å². The highest BCUT2D eigenvalue weighted by molar-refractivity contribution is 9.10. The standard InChI is InChI=1S/C12H11BrN6O/c1-6-9(11(14)20)10(7-2-4-8(13)5-3-7)19-12(15-6)16-17-18-19/h2-5,10H,1H3,(H2,14,20)(H,15,16,18)/t10-/m0/s1. The lowest BCUT2D eigenvalue weighted by Gasteiger charge is -2.26. The van der Waals surface area contributed by atoms with Crippen LogP contribution >= 0.6 is 15.9 Å². The SMILES string of the molecule is CC1=C(C(N)=O)[C@H](c2ccc(Br)cc2)n2nnnc2N1. The minimum atomic E-state index is -0.496. The van der Waals surface area contributed by atoms with Crippen molar-refractivity contribution in [3.05, 3.63) is 45.6 Å². The molecule has 1 aliphatic rings. The molecule has 0 radical (unpaired) electrons. The molecule has 20 heavy (non-hydrogen) atoms. The molecule has 0 unspecified atom stereocenters. The predicted molar refractivity (Wildman–Crippen MR) is 75.6 cm³/mol. The van der Waals surface area contributed by atoms with Crippen LogP contribution in [0.15, 0.2) is 40.0 Å². The number of hydrogen-bond donors (Lipinski definition) is 2. The highest BCUT2D eigenvalue weighted by Crippen LogP contribution is 2.34. The van der Waals surface area contributed by atoms with Gasteiger partial charge in [-0.05, 0) is 35.0 Å². The molecule has 0 spiro atoms. The van der Waals surface area contributed by atoms with Crippen molar-refractivity contribution in [1.29, 1.82) is 0 Å². The summed E-state index contributed by atoms with van der Waals surface area (Å²) in [4.78, 5) is 11.8. The maximum absolute atomic E-state index is 11.8. The first-order chi connectivity index (χ1) is 9.58. The van der Waals surface area contributed by atoms with Gasteiger partial charge in [-0.25, -0.2) is 0 Å². The number of hydrogen-bond acceptors (Lipinski definition) is 5. The van der Waals surface area contributed by atoms with Crippen LogP contribution in [0.4, 0.5) is 5.95 Å². The lowest BCUT2D eigenvalue weighted by Crippen LogP contribution is -2.31. The third kappa shape index (κ3) is 1.97. The molecule has 2 heterocycles. The molecule has 0 bridgehead atoms. The third-order valence-corrected chi connectivity index (χ3v) is 3.69. The Morgan fingerprint density at radius 1 is 1.40 bits per heavy atom. The number of fused-ring (bicyclic) bond motifs is 1. The molecular formula is C12H11BrN6O. The Labute approximate surface area is 123 Å². The van der Waals surface area contributed by atoms with E-state index in [-0.39, 0.29) is 0 Å². The van der Waals surface area contributed by atoms with Gasteiger partial charge in [0, 0.05) is 10.2 Å². The number of amides is 1. The molecule has 0 fully saturated rings. The largest absolute Gasteiger partial charge is 0.366 e. The van der Waals surface area contributed by atoms with E-state index in [0.717, 1.165) is 10.0 Å². The van der Waals surface area contributed by atoms with Crippen molar-refractivity contribution < 1.29 is 4.79 Å². The Balaban J connectivity index is 2.19. The van der Waals surface area contributed by atoms with E-state index in [1.165, 1.54) is 0 Å². The van der Waals surface area contributed by atoms with Crippen LogP contribution in [-0.2, 0) is 4.79 Å². The number of nitrogens with zero attached hydrogens (tertiary/aromatic N) is 4. The van der Waals surface area contributed by atoms with E-state index in [0.29, 0.717) is 17.2 Å². The molecule has 1 aromatic heterocycles. The fourth-order valence-corrected chi connectivity index (χ4v) is 2.55. The summed E-state index contributed by atoms with van der Waals surface area (Å²) in [6, 6.07) is 7.18. The van der Waals surface area contributed by atoms with Gasteiger partial charge in [-0.2, -0.15) is 4.68 Å². The van der Waals surface area contributed by atoms with Crippen molar-refractivity contribution in [3.63, 3.8) is 0 Å². The molecule has 1 aromatic carbocycles. The highest BCUT2D eigenvalue weighted by Gasteiger charge is 2.32. The van der Waals surface area contributed by atoms with Gasteiger partial charge >= 0.3 is 0 Å². The molecule has 102 valence electrons. The number of benzene rings is 1. The third-order valence-electron chi connectivity index (χ3n) is 3.17. The smallest absolute Gasteiger partial charge is 0.248 e. The van der Waals surface area contributed by atoms with Gasteiger partial charge in [0.25, 0.3) is 0 Å².